The van der Waals surface area contributed by atoms with Crippen LogP contribution in [0.25, 0.3) is 0 Å². The zero-order valence-corrected chi connectivity index (χ0v) is 23.1. The molecule has 1 aliphatic heterocycles. The van der Waals surface area contributed by atoms with Crippen molar-refractivity contribution in [3.63, 3.8) is 0 Å². The average Bonchev–Trinajstić information content (AvgIpc) is 3.21. The molecule has 0 spiro atoms. The highest BCUT2D eigenvalue weighted by Crippen LogP contribution is 2.51. The minimum Gasteiger partial charge on any atom is -0.493 e. The molecule has 2 amide bonds. The van der Waals surface area contributed by atoms with Crippen LogP contribution in [0.5, 0.6) is 11.5 Å². The molecule has 0 bridgehead atoms. The Labute approximate surface area is 227 Å². The number of nitrogens with zero attached hydrogens (tertiary/aromatic N) is 2. The van der Waals surface area contributed by atoms with E-state index in [0.717, 1.165) is 44.4 Å². The Bertz CT molecular complexity index is 1180. The minimum absolute atomic E-state index is 0.0610. The molecule has 3 atom stereocenters. The van der Waals surface area contributed by atoms with Crippen molar-refractivity contribution in [2.45, 2.75) is 69.2 Å². The van der Waals surface area contributed by atoms with E-state index in [4.69, 9.17) is 21.1 Å². The first-order chi connectivity index (χ1) is 17.9. The SMILES string of the molecule is COc1ccc([C@@]23CC[C@@H](N(C(=O)Nc4ccc(Cl)c(C(F)(F)F)c4)C(C)C)C[C@@H]2N(C)CC3)cc1OC. The molecule has 10 heteroatoms. The van der Waals surface area contributed by atoms with Crippen LogP contribution in [0.4, 0.5) is 23.7 Å². The molecule has 1 N–H and O–H groups in total. The number of hydrogen-bond acceptors (Lipinski definition) is 4. The molecule has 0 aromatic heterocycles. The molecule has 4 rings (SSSR count). The van der Waals surface area contributed by atoms with Crippen molar-refractivity contribution in [3.05, 3.63) is 52.5 Å². The van der Waals surface area contributed by atoms with Gasteiger partial charge in [-0.15, -0.1) is 0 Å². The van der Waals surface area contributed by atoms with E-state index < -0.39 is 22.8 Å². The fourth-order valence-electron chi connectivity index (χ4n) is 6.33. The lowest BCUT2D eigenvalue weighted by atomic mass is 9.64. The van der Waals surface area contributed by atoms with Crippen molar-refractivity contribution >= 4 is 23.3 Å². The second-order valence-corrected chi connectivity index (χ2v) is 10.9. The maximum Gasteiger partial charge on any atom is 0.417 e. The lowest BCUT2D eigenvalue weighted by molar-refractivity contribution is -0.137. The third kappa shape index (κ3) is 5.27. The standard InChI is InChI=1S/C28H35ClF3N3O3/c1-17(2)35(26(36)33-19-7-8-22(29)21(15-19)28(30,31)32)20-10-11-27(12-13-34(3)25(27)16-20)18-6-9-23(37-4)24(14-18)38-5/h6-9,14-15,17,20,25H,10-13,16H2,1-5H3,(H,33,36)/t20-,25+,27+/m1/s1. The number of likely N-dealkylation sites (tertiary alicyclic amines) is 1. The van der Waals surface area contributed by atoms with Crippen molar-refractivity contribution in [1.29, 1.82) is 0 Å². The van der Waals surface area contributed by atoms with Gasteiger partial charge in [-0.2, -0.15) is 13.2 Å². The number of rotatable bonds is 6. The average molecular weight is 554 g/mol. The second-order valence-electron chi connectivity index (χ2n) is 10.5. The van der Waals surface area contributed by atoms with Gasteiger partial charge in [-0.3, -0.25) is 0 Å². The molecule has 2 aromatic carbocycles. The van der Waals surface area contributed by atoms with Crippen LogP contribution in [0.3, 0.4) is 0 Å². The van der Waals surface area contributed by atoms with Crippen LogP contribution in [0.1, 0.15) is 50.7 Å². The van der Waals surface area contributed by atoms with Gasteiger partial charge in [0.1, 0.15) is 0 Å². The summed E-state index contributed by atoms with van der Waals surface area (Å²) in [4.78, 5) is 17.6. The Balaban J connectivity index is 1.58. The molecule has 1 saturated heterocycles. The molecule has 0 radical (unpaired) electrons. The van der Waals surface area contributed by atoms with E-state index in [9.17, 15) is 18.0 Å². The van der Waals surface area contributed by atoms with Gasteiger partial charge < -0.3 is 24.6 Å². The number of likely N-dealkylation sites (N-methyl/N-ethyl adjacent to an activating group) is 1. The Morgan fingerprint density at radius 1 is 1.13 bits per heavy atom. The third-order valence-electron chi connectivity index (χ3n) is 8.17. The second kappa shape index (κ2) is 10.8. The predicted octanol–water partition coefficient (Wildman–Crippen LogP) is 6.81. The largest absolute Gasteiger partial charge is 0.493 e. The number of fused-ring (bicyclic) bond motifs is 1. The van der Waals surface area contributed by atoms with Crippen molar-refractivity contribution < 1.29 is 27.4 Å². The fraction of sp³-hybridized carbons (Fsp3) is 0.536. The summed E-state index contributed by atoms with van der Waals surface area (Å²) < 4.78 is 51.0. The molecule has 2 aromatic rings. The number of benzene rings is 2. The highest BCUT2D eigenvalue weighted by Gasteiger charge is 2.52. The van der Waals surface area contributed by atoms with E-state index in [0.29, 0.717) is 11.5 Å². The van der Waals surface area contributed by atoms with Crippen molar-refractivity contribution in [3.8, 4) is 11.5 Å². The fourth-order valence-corrected chi connectivity index (χ4v) is 6.55. The topological polar surface area (TPSA) is 54.0 Å². The van der Waals surface area contributed by atoms with E-state index >= 15 is 0 Å². The van der Waals surface area contributed by atoms with Gasteiger partial charge in [0.15, 0.2) is 11.5 Å². The molecule has 1 heterocycles. The summed E-state index contributed by atoms with van der Waals surface area (Å²) >= 11 is 5.75. The van der Waals surface area contributed by atoms with Crippen molar-refractivity contribution in [1.82, 2.24) is 9.80 Å². The molecule has 2 aliphatic rings. The van der Waals surface area contributed by atoms with Gasteiger partial charge in [0.2, 0.25) is 0 Å². The lowest BCUT2D eigenvalue weighted by Crippen LogP contribution is -2.55. The number of carbonyl (C=O) groups excluding carboxylic acids is 1. The minimum atomic E-state index is -4.61. The first kappa shape index (κ1) is 28.4. The smallest absolute Gasteiger partial charge is 0.417 e. The Kier molecular flexibility index (Phi) is 8.09. The summed E-state index contributed by atoms with van der Waals surface area (Å²) in [6, 6.07) is 9.12. The van der Waals surface area contributed by atoms with Crippen LogP contribution in [-0.4, -0.2) is 61.8 Å². The van der Waals surface area contributed by atoms with Crippen molar-refractivity contribution in [2.24, 2.45) is 0 Å². The highest BCUT2D eigenvalue weighted by atomic mass is 35.5. The number of urea groups is 1. The van der Waals surface area contributed by atoms with E-state index in [-0.39, 0.29) is 29.2 Å². The van der Waals surface area contributed by atoms with E-state index in [1.54, 1.807) is 19.1 Å². The predicted molar refractivity (Wildman–Crippen MR) is 142 cm³/mol. The quantitative estimate of drug-likeness (QED) is 0.427. The number of amides is 2. The summed E-state index contributed by atoms with van der Waals surface area (Å²) in [6.45, 7) is 4.79. The zero-order chi connectivity index (χ0) is 27.8. The van der Waals surface area contributed by atoms with Gasteiger partial charge >= 0.3 is 12.2 Å². The zero-order valence-electron chi connectivity index (χ0n) is 22.4. The summed E-state index contributed by atoms with van der Waals surface area (Å²) in [5, 5.41) is 2.28. The highest BCUT2D eigenvalue weighted by molar-refractivity contribution is 6.31. The van der Waals surface area contributed by atoms with E-state index in [1.807, 2.05) is 19.9 Å². The van der Waals surface area contributed by atoms with Gasteiger partial charge in [-0.05, 0) is 89.0 Å². The molecule has 2 fully saturated rings. The monoisotopic (exact) mass is 553 g/mol. The van der Waals surface area contributed by atoms with Gasteiger partial charge in [-0.1, -0.05) is 17.7 Å². The number of alkyl halides is 3. The van der Waals surface area contributed by atoms with Gasteiger partial charge in [-0.25, -0.2) is 4.79 Å². The summed E-state index contributed by atoms with van der Waals surface area (Å²) in [5.74, 6) is 1.38. The van der Waals surface area contributed by atoms with Crippen LogP contribution in [0.2, 0.25) is 5.02 Å². The van der Waals surface area contributed by atoms with Gasteiger partial charge in [0, 0.05) is 29.2 Å². The first-order valence-corrected chi connectivity index (χ1v) is 13.2. The van der Waals surface area contributed by atoms with Crippen LogP contribution < -0.4 is 14.8 Å². The Morgan fingerprint density at radius 2 is 1.84 bits per heavy atom. The Hall–Kier alpha value is -2.65. The summed E-state index contributed by atoms with van der Waals surface area (Å²) in [7, 11) is 5.36. The summed E-state index contributed by atoms with van der Waals surface area (Å²) in [6.07, 6.45) is -1.21. The van der Waals surface area contributed by atoms with E-state index in [1.165, 1.54) is 11.6 Å². The third-order valence-corrected chi connectivity index (χ3v) is 8.49. The molecular formula is C28H35ClF3N3O3. The molecule has 1 aliphatic carbocycles. The van der Waals surface area contributed by atoms with Crippen LogP contribution in [0.15, 0.2) is 36.4 Å². The normalized spacial score (nSPS) is 23.7. The molecule has 38 heavy (non-hydrogen) atoms. The van der Waals surface area contributed by atoms with Gasteiger partial charge in [0.25, 0.3) is 0 Å². The van der Waals surface area contributed by atoms with E-state index in [2.05, 4.69) is 29.4 Å². The Morgan fingerprint density at radius 3 is 2.47 bits per heavy atom. The maximum absolute atomic E-state index is 13.4. The van der Waals surface area contributed by atoms with Crippen LogP contribution >= 0.6 is 11.6 Å². The number of hydrogen-bond donors (Lipinski definition) is 1. The molecule has 208 valence electrons. The number of anilines is 1. The maximum atomic E-state index is 13.4. The lowest BCUT2D eigenvalue weighted by Gasteiger charge is -2.48. The summed E-state index contributed by atoms with van der Waals surface area (Å²) in [5.41, 5.74) is 0.204. The molecule has 6 nitrogen and oxygen atoms in total. The molecule has 1 saturated carbocycles. The molecule has 0 unspecified atom stereocenters. The number of carbonyl (C=O) groups is 1. The molecular weight excluding hydrogens is 519 g/mol. The number of methoxy groups -OCH3 is 2. The number of ether oxygens (including phenoxy) is 2. The van der Waals surface area contributed by atoms with Crippen LogP contribution in [-0.2, 0) is 11.6 Å². The number of nitrogens with one attached hydrogen (secondary N) is 1. The van der Waals surface area contributed by atoms with Crippen molar-refractivity contribution in [2.75, 3.05) is 33.1 Å². The van der Waals surface area contributed by atoms with Gasteiger partial charge in [0.05, 0.1) is 24.8 Å². The number of halogens is 4. The first-order valence-electron chi connectivity index (χ1n) is 12.8. The van der Waals surface area contributed by atoms with Crippen LogP contribution in [0, 0.1) is 0 Å².